The zero-order valence-electron chi connectivity index (χ0n) is 8.57. The van der Waals surface area contributed by atoms with Crippen LogP contribution in [0.1, 0.15) is 32.6 Å². The number of esters is 1. The van der Waals surface area contributed by atoms with Crippen molar-refractivity contribution < 1.29 is 14.6 Å². The van der Waals surface area contributed by atoms with Gasteiger partial charge in [0, 0.05) is 0 Å². The highest BCUT2D eigenvalue weighted by Crippen LogP contribution is 2.27. The Bertz CT molecular complexity index is 184. The van der Waals surface area contributed by atoms with Crippen LogP contribution in [0.5, 0.6) is 0 Å². The highest BCUT2D eigenvalue weighted by molar-refractivity contribution is 8.00. The van der Waals surface area contributed by atoms with Gasteiger partial charge in [-0.3, -0.25) is 4.79 Å². The number of aliphatic hydroxyl groups is 1. The van der Waals surface area contributed by atoms with E-state index in [4.69, 9.17) is 4.74 Å². The van der Waals surface area contributed by atoms with Crippen LogP contribution in [-0.2, 0) is 9.53 Å². The van der Waals surface area contributed by atoms with Crippen molar-refractivity contribution in [3.8, 4) is 0 Å². The van der Waals surface area contributed by atoms with Gasteiger partial charge >= 0.3 is 5.97 Å². The Kier molecular flexibility index (Phi) is 5.33. The van der Waals surface area contributed by atoms with Gasteiger partial charge in [-0.1, -0.05) is 19.8 Å². The summed E-state index contributed by atoms with van der Waals surface area (Å²) in [6, 6.07) is 0. The molecule has 4 heteroatoms. The van der Waals surface area contributed by atoms with Gasteiger partial charge in [-0.2, -0.15) is 0 Å². The molecule has 82 valence electrons. The monoisotopic (exact) mass is 218 g/mol. The van der Waals surface area contributed by atoms with Crippen molar-refractivity contribution in [3.63, 3.8) is 0 Å². The second-order valence-corrected chi connectivity index (χ2v) is 4.77. The van der Waals surface area contributed by atoms with Crippen LogP contribution in [0.2, 0.25) is 0 Å². The van der Waals surface area contributed by atoms with Crippen molar-refractivity contribution in [2.24, 2.45) is 0 Å². The van der Waals surface area contributed by atoms with Crippen molar-refractivity contribution in [1.82, 2.24) is 0 Å². The summed E-state index contributed by atoms with van der Waals surface area (Å²) in [7, 11) is 0. The molecule has 0 saturated carbocycles. The molecule has 14 heavy (non-hydrogen) atoms. The zero-order valence-corrected chi connectivity index (χ0v) is 9.39. The van der Waals surface area contributed by atoms with E-state index in [1.54, 1.807) is 0 Å². The number of hydrogen-bond donors (Lipinski definition) is 1. The predicted octanol–water partition coefficient (Wildman–Crippen LogP) is 1.59. The SMILES string of the molecule is CCCCCOC(=O)C1SCCC1O. The molecule has 0 aliphatic carbocycles. The highest BCUT2D eigenvalue weighted by atomic mass is 32.2. The molecule has 0 spiro atoms. The maximum Gasteiger partial charge on any atom is 0.321 e. The smallest absolute Gasteiger partial charge is 0.321 e. The molecular formula is C10H18O3S. The number of carbonyl (C=O) groups excluding carboxylic acids is 1. The Labute approximate surface area is 89.2 Å². The molecule has 1 aliphatic rings. The molecule has 0 aromatic rings. The van der Waals surface area contributed by atoms with Gasteiger partial charge in [0.05, 0.1) is 12.7 Å². The van der Waals surface area contributed by atoms with Crippen LogP contribution in [0.15, 0.2) is 0 Å². The van der Waals surface area contributed by atoms with E-state index in [0.29, 0.717) is 13.0 Å². The van der Waals surface area contributed by atoms with E-state index in [-0.39, 0.29) is 11.2 Å². The summed E-state index contributed by atoms with van der Waals surface area (Å²) in [6.45, 7) is 2.61. The normalized spacial score (nSPS) is 26.4. The van der Waals surface area contributed by atoms with E-state index >= 15 is 0 Å². The van der Waals surface area contributed by atoms with Crippen LogP contribution in [0.25, 0.3) is 0 Å². The van der Waals surface area contributed by atoms with Gasteiger partial charge in [0.15, 0.2) is 0 Å². The van der Waals surface area contributed by atoms with Crippen LogP contribution < -0.4 is 0 Å². The summed E-state index contributed by atoms with van der Waals surface area (Å²) in [6.07, 6.45) is 3.35. The summed E-state index contributed by atoms with van der Waals surface area (Å²) in [5.41, 5.74) is 0. The maximum atomic E-state index is 11.4. The van der Waals surface area contributed by atoms with Crippen LogP contribution >= 0.6 is 11.8 Å². The second-order valence-electron chi connectivity index (χ2n) is 3.52. The highest BCUT2D eigenvalue weighted by Gasteiger charge is 2.33. The summed E-state index contributed by atoms with van der Waals surface area (Å²) < 4.78 is 5.08. The summed E-state index contributed by atoms with van der Waals surface area (Å²) in [5, 5.41) is 9.10. The standard InChI is InChI=1S/C10H18O3S/c1-2-3-4-6-13-10(12)9-8(11)5-7-14-9/h8-9,11H,2-7H2,1H3. The molecule has 2 unspecified atom stereocenters. The first kappa shape index (κ1) is 11.9. The Balaban J connectivity index is 2.14. The van der Waals surface area contributed by atoms with Gasteiger partial charge in [0.25, 0.3) is 0 Å². The molecule has 0 bridgehead atoms. The van der Waals surface area contributed by atoms with Crippen LogP contribution in [-0.4, -0.2) is 34.8 Å². The molecule has 1 rings (SSSR count). The van der Waals surface area contributed by atoms with Crippen molar-refractivity contribution >= 4 is 17.7 Å². The first-order valence-corrected chi connectivity index (χ1v) is 6.27. The minimum Gasteiger partial charge on any atom is -0.465 e. The average molecular weight is 218 g/mol. The topological polar surface area (TPSA) is 46.5 Å². The molecule has 2 atom stereocenters. The summed E-state index contributed by atoms with van der Waals surface area (Å²) >= 11 is 1.50. The molecule has 1 heterocycles. The summed E-state index contributed by atoms with van der Waals surface area (Å²) in [4.78, 5) is 11.4. The van der Waals surface area contributed by atoms with Crippen LogP contribution in [0, 0.1) is 0 Å². The number of ether oxygens (including phenoxy) is 1. The van der Waals surface area contributed by atoms with Gasteiger partial charge in [0.1, 0.15) is 5.25 Å². The van der Waals surface area contributed by atoms with Crippen molar-refractivity contribution in [3.05, 3.63) is 0 Å². The third-order valence-electron chi connectivity index (χ3n) is 2.29. The maximum absolute atomic E-state index is 11.4. The minimum atomic E-state index is -0.501. The fourth-order valence-electron chi connectivity index (χ4n) is 1.41. The molecule has 1 N–H and O–H groups in total. The fraction of sp³-hybridized carbons (Fsp3) is 0.900. The van der Waals surface area contributed by atoms with Gasteiger partial charge in [0.2, 0.25) is 0 Å². The Morgan fingerprint density at radius 1 is 1.57 bits per heavy atom. The Morgan fingerprint density at radius 2 is 2.36 bits per heavy atom. The lowest BCUT2D eigenvalue weighted by Gasteiger charge is -2.12. The molecule has 3 nitrogen and oxygen atoms in total. The largest absolute Gasteiger partial charge is 0.465 e. The van der Waals surface area contributed by atoms with E-state index in [2.05, 4.69) is 6.92 Å². The number of hydrogen-bond acceptors (Lipinski definition) is 4. The van der Waals surface area contributed by atoms with Crippen molar-refractivity contribution in [1.29, 1.82) is 0 Å². The second kappa shape index (κ2) is 6.30. The zero-order chi connectivity index (χ0) is 10.4. The van der Waals surface area contributed by atoms with E-state index < -0.39 is 6.10 Å². The molecule has 1 fully saturated rings. The third-order valence-corrected chi connectivity index (χ3v) is 3.62. The molecule has 1 aliphatic heterocycles. The lowest BCUT2D eigenvalue weighted by atomic mass is 10.2. The minimum absolute atomic E-state index is 0.240. The Hall–Kier alpha value is -0.220. The van der Waals surface area contributed by atoms with Gasteiger partial charge in [-0.05, 0) is 18.6 Å². The lowest BCUT2D eigenvalue weighted by molar-refractivity contribution is -0.144. The summed E-state index contributed by atoms with van der Waals surface area (Å²) in [5.74, 6) is 0.617. The molecule has 0 amide bonds. The molecule has 1 saturated heterocycles. The first-order valence-electron chi connectivity index (χ1n) is 5.22. The number of thioether (sulfide) groups is 1. The van der Waals surface area contributed by atoms with E-state index in [9.17, 15) is 9.90 Å². The van der Waals surface area contributed by atoms with Crippen LogP contribution in [0.3, 0.4) is 0 Å². The van der Waals surface area contributed by atoms with Gasteiger partial charge in [-0.25, -0.2) is 0 Å². The van der Waals surface area contributed by atoms with E-state index in [1.165, 1.54) is 11.8 Å². The molecule has 0 aromatic carbocycles. The van der Waals surface area contributed by atoms with Gasteiger partial charge < -0.3 is 9.84 Å². The quantitative estimate of drug-likeness (QED) is 0.562. The van der Waals surface area contributed by atoms with Crippen LogP contribution in [0.4, 0.5) is 0 Å². The first-order chi connectivity index (χ1) is 6.75. The molecule has 0 aromatic heterocycles. The van der Waals surface area contributed by atoms with Crippen molar-refractivity contribution in [2.75, 3.05) is 12.4 Å². The van der Waals surface area contributed by atoms with E-state index in [0.717, 1.165) is 25.0 Å². The van der Waals surface area contributed by atoms with E-state index in [1.807, 2.05) is 0 Å². The fourth-order valence-corrected chi connectivity index (χ4v) is 2.60. The Morgan fingerprint density at radius 3 is 2.93 bits per heavy atom. The number of carbonyl (C=O) groups is 1. The number of rotatable bonds is 5. The molecular weight excluding hydrogens is 200 g/mol. The third kappa shape index (κ3) is 3.50. The predicted molar refractivity (Wildman–Crippen MR) is 57.4 cm³/mol. The molecule has 0 radical (unpaired) electrons. The average Bonchev–Trinajstić information content (AvgIpc) is 2.59. The number of unbranched alkanes of at least 4 members (excludes halogenated alkanes) is 2. The van der Waals surface area contributed by atoms with Gasteiger partial charge in [-0.15, -0.1) is 11.8 Å². The number of aliphatic hydroxyl groups excluding tert-OH is 1. The van der Waals surface area contributed by atoms with Crippen molar-refractivity contribution in [2.45, 2.75) is 44.0 Å². The lowest BCUT2D eigenvalue weighted by Crippen LogP contribution is -2.28.